The molecule has 2 unspecified atom stereocenters. The number of nitrogens with one attached hydrogen (secondary N) is 1. The van der Waals surface area contributed by atoms with Crippen LogP contribution in [0.1, 0.15) is 187 Å². The summed E-state index contributed by atoms with van der Waals surface area (Å²) < 4.78 is 0. The van der Waals surface area contributed by atoms with E-state index in [0.717, 1.165) is 51.4 Å². The van der Waals surface area contributed by atoms with Crippen LogP contribution in [-0.2, 0) is 4.79 Å². The van der Waals surface area contributed by atoms with Crippen LogP contribution in [0.25, 0.3) is 0 Å². The van der Waals surface area contributed by atoms with E-state index in [4.69, 9.17) is 0 Å². The van der Waals surface area contributed by atoms with Crippen molar-refractivity contribution in [1.29, 1.82) is 0 Å². The van der Waals surface area contributed by atoms with Crippen LogP contribution in [0.5, 0.6) is 0 Å². The number of carbonyl (C=O) groups excluding carboxylic acids is 1. The third-order valence-electron chi connectivity index (χ3n) is 8.56. The van der Waals surface area contributed by atoms with Crippen molar-refractivity contribution in [2.45, 2.75) is 199 Å². The second kappa shape index (κ2) is 36.8. The van der Waals surface area contributed by atoms with Crippen molar-refractivity contribution in [3.05, 3.63) is 48.6 Å². The van der Waals surface area contributed by atoms with Crippen LogP contribution >= 0.6 is 0 Å². The van der Waals surface area contributed by atoms with Crippen LogP contribution in [0.3, 0.4) is 0 Å². The number of hydrogen-bond donors (Lipinski definition) is 3. The molecule has 0 aliphatic rings. The molecule has 0 spiro atoms. The topological polar surface area (TPSA) is 69.6 Å². The van der Waals surface area contributed by atoms with E-state index in [1.807, 2.05) is 6.08 Å². The fraction of sp³-hybridized carbons (Fsp3) is 0.780. The van der Waals surface area contributed by atoms with E-state index in [0.29, 0.717) is 6.42 Å². The van der Waals surface area contributed by atoms with Crippen molar-refractivity contribution in [2.24, 2.45) is 0 Å². The lowest BCUT2D eigenvalue weighted by atomic mass is 10.0. The van der Waals surface area contributed by atoms with Crippen LogP contribution in [0.2, 0.25) is 0 Å². The second-order valence-corrected chi connectivity index (χ2v) is 13.0. The highest BCUT2D eigenvalue weighted by Gasteiger charge is 2.17. The van der Waals surface area contributed by atoms with E-state index in [-0.39, 0.29) is 12.5 Å². The minimum absolute atomic E-state index is 0.0790. The van der Waals surface area contributed by atoms with E-state index in [9.17, 15) is 15.0 Å². The van der Waals surface area contributed by atoms with Crippen LogP contribution in [0.4, 0.5) is 0 Å². The van der Waals surface area contributed by atoms with Crippen molar-refractivity contribution < 1.29 is 15.0 Å². The molecular formula is C41H75NO3. The largest absolute Gasteiger partial charge is 0.394 e. The summed E-state index contributed by atoms with van der Waals surface area (Å²) in [5.74, 6) is -0.0790. The number of carbonyl (C=O) groups is 1. The molecule has 0 aromatic carbocycles. The molecular weight excluding hydrogens is 554 g/mol. The molecule has 1 amide bonds. The zero-order valence-corrected chi connectivity index (χ0v) is 29.9. The fourth-order valence-electron chi connectivity index (χ4n) is 5.54. The third kappa shape index (κ3) is 33.5. The van der Waals surface area contributed by atoms with Crippen molar-refractivity contribution in [3.8, 4) is 0 Å². The Labute approximate surface area is 280 Å². The van der Waals surface area contributed by atoms with Gasteiger partial charge in [-0.25, -0.2) is 0 Å². The van der Waals surface area contributed by atoms with Gasteiger partial charge < -0.3 is 15.5 Å². The first-order chi connectivity index (χ1) is 22.2. The van der Waals surface area contributed by atoms with Gasteiger partial charge in [-0.1, -0.05) is 172 Å². The zero-order chi connectivity index (χ0) is 32.9. The smallest absolute Gasteiger partial charge is 0.220 e. The quantitative estimate of drug-likeness (QED) is 0.0490. The van der Waals surface area contributed by atoms with Gasteiger partial charge >= 0.3 is 0 Å². The average molecular weight is 630 g/mol. The maximum Gasteiger partial charge on any atom is 0.220 e. The Morgan fingerprint density at radius 3 is 1.40 bits per heavy atom. The summed E-state index contributed by atoms with van der Waals surface area (Å²) in [7, 11) is 0. The van der Waals surface area contributed by atoms with Gasteiger partial charge in [0.2, 0.25) is 5.91 Å². The Morgan fingerprint density at radius 1 is 0.533 bits per heavy atom. The molecule has 0 aliphatic carbocycles. The highest BCUT2D eigenvalue weighted by Crippen LogP contribution is 2.13. The summed E-state index contributed by atoms with van der Waals surface area (Å²) in [5, 5.41) is 22.9. The first-order valence-electron chi connectivity index (χ1n) is 19.4. The minimum Gasteiger partial charge on any atom is -0.394 e. The maximum atomic E-state index is 12.3. The number of allylic oxidation sites excluding steroid dienone is 7. The first-order valence-corrected chi connectivity index (χ1v) is 19.4. The molecule has 0 heterocycles. The molecule has 0 saturated heterocycles. The number of aliphatic hydroxyl groups excluding tert-OH is 2. The molecule has 3 N–H and O–H groups in total. The molecule has 0 aromatic rings. The number of hydrogen-bond acceptors (Lipinski definition) is 3. The minimum atomic E-state index is -0.844. The number of unbranched alkanes of at least 4 members (excludes halogenated alkanes) is 21. The highest BCUT2D eigenvalue weighted by atomic mass is 16.3. The van der Waals surface area contributed by atoms with Crippen molar-refractivity contribution in [1.82, 2.24) is 5.32 Å². The predicted molar refractivity (Wildman–Crippen MR) is 198 cm³/mol. The summed E-state index contributed by atoms with van der Waals surface area (Å²) in [6, 6.07) is -0.628. The van der Waals surface area contributed by atoms with Crippen LogP contribution < -0.4 is 5.32 Å². The van der Waals surface area contributed by atoms with Gasteiger partial charge in [0.05, 0.1) is 18.8 Å². The Bertz CT molecular complexity index is 726. The summed E-state index contributed by atoms with van der Waals surface area (Å²) in [4.78, 5) is 12.3. The number of amides is 1. The van der Waals surface area contributed by atoms with Crippen molar-refractivity contribution >= 4 is 5.91 Å². The molecule has 0 saturated carbocycles. The lowest BCUT2D eigenvalue weighted by molar-refractivity contribution is -0.123. The molecule has 0 rings (SSSR count). The Hall–Kier alpha value is -1.65. The normalized spacial score (nSPS) is 13.6. The lowest BCUT2D eigenvalue weighted by Gasteiger charge is -2.20. The van der Waals surface area contributed by atoms with Gasteiger partial charge in [-0.05, 0) is 57.8 Å². The highest BCUT2D eigenvalue weighted by molar-refractivity contribution is 5.76. The van der Waals surface area contributed by atoms with E-state index in [1.54, 1.807) is 6.08 Å². The second-order valence-electron chi connectivity index (χ2n) is 13.0. The lowest BCUT2D eigenvalue weighted by Crippen LogP contribution is -2.45. The van der Waals surface area contributed by atoms with Crippen LogP contribution in [0, 0.1) is 0 Å². The van der Waals surface area contributed by atoms with Crippen LogP contribution in [-0.4, -0.2) is 34.9 Å². The third-order valence-corrected chi connectivity index (χ3v) is 8.56. The molecule has 0 radical (unpaired) electrons. The molecule has 4 heteroatoms. The van der Waals surface area contributed by atoms with Gasteiger partial charge in [-0.3, -0.25) is 4.79 Å². The average Bonchev–Trinajstić information content (AvgIpc) is 3.04. The SMILES string of the molecule is CCCCC/C=C\C/C=C\C/C=C\CCCCCCCCC(=O)NC(CO)C(O)/C=C/CCCCCCCCCCCCCC. The molecule has 45 heavy (non-hydrogen) atoms. The number of aliphatic hydroxyl groups is 2. The molecule has 0 aliphatic heterocycles. The molecule has 262 valence electrons. The summed E-state index contributed by atoms with van der Waals surface area (Å²) in [6.07, 6.45) is 49.0. The zero-order valence-electron chi connectivity index (χ0n) is 29.9. The van der Waals surface area contributed by atoms with Gasteiger partial charge in [0.1, 0.15) is 0 Å². The molecule has 0 fully saturated rings. The molecule has 4 nitrogen and oxygen atoms in total. The summed E-state index contributed by atoms with van der Waals surface area (Å²) >= 11 is 0. The Kier molecular flexibility index (Phi) is 35.5. The van der Waals surface area contributed by atoms with E-state index >= 15 is 0 Å². The van der Waals surface area contributed by atoms with E-state index in [2.05, 4.69) is 55.6 Å². The predicted octanol–water partition coefficient (Wildman–Crippen LogP) is 11.6. The summed E-state index contributed by atoms with van der Waals surface area (Å²) in [5.41, 5.74) is 0. The van der Waals surface area contributed by atoms with Crippen molar-refractivity contribution in [2.75, 3.05) is 6.61 Å². The van der Waals surface area contributed by atoms with Gasteiger partial charge in [-0.15, -0.1) is 0 Å². The first kappa shape index (κ1) is 43.4. The fourth-order valence-corrected chi connectivity index (χ4v) is 5.54. The standard InChI is InChI=1S/C41H75NO3/c1-3-5-7-9-11-13-15-17-19-20-21-22-23-25-27-29-31-33-35-37-41(45)42-39(38-43)40(44)36-34-32-30-28-26-24-18-16-14-12-10-8-6-4-2/h11,13,17,19,21-22,34,36,39-40,43-44H,3-10,12,14-16,18,20,23-33,35,37-38H2,1-2H3,(H,42,45)/b13-11-,19-17-,22-21-,36-34+. The van der Waals surface area contributed by atoms with Gasteiger partial charge in [0.15, 0.2) is 0 Å². The summed E-state index contributed by atoms with van der Waals surface area (Å²) in [6.45, 7) is 4.26. The van der Waals surface area contributed by atoms with Gasteiger partial charge in [0.25, 0.3) is 0 Å². The maximum absolute atomic E-state index is 12.3. The van der Waals surface area contributed by atoms with Gasteiger partial charge in [-0.2, -0.15) is 0 Å². The molecule has 2 atom stereocenters. The van der Waals surface area contributed by atoms with Gasteiger partial charge in [0, 0.05) is 6.42 Å². The van der Waals surface area contributed by atoms with Crippen molar-refractivity contribution in [3.63, 3.8) is 0 Å². The van der Waals surface area contributed by atoms with E-state index in [1.165, 1.54) is 116 Å². The van der Waals surface area contributed by atoms with Crippen LogP contribution in [0.15, 0.2) is 48.6 Å². The molecule has 0 aromatic heterocycles. The Balaban J connectivity index is 3.66. The number of rotatable bonds is 34. The molecule has 0 bridgehead atoms. The monoisotopic (exact) mass is 630 g/mol. The van der Waals surface area contributed by atoms with E-state index < -0.39 is 12.1 Å². The Morgan fingerprint density at radius 2 is 0.911 bits per heavy atom.